The first-order valence-electron chi connectivity index (χ1n) is 10.9. The summed E-state index contributed by atoms with van der Waals surface area (Å²) in [5.41, 5.74) is 2.06. The van der Waals surface area contributed by atoms with Crippen molar-refractivity contribution < 1.29 is 15.0 Å². The standard InChI is InChI=1S/C26H27ClN2O3/c27-13-12-25(32)10-11-26(9-1-2-24(31)29-18-19-7-14-28-15-8-19)21(17-25)4-3-20-16-22(30)5-6-23(20)26/h1-2,5-8,14-16,21,30,32H,3-4,9-11,17-18H2,(H,29,31)/t21-,25+,26-/m0/s1. The number of aromatic hydroxyl groups is 1. The Morgan fingerprint density at radius 1 is 1.28 bits per heavy atom. The molecule has 0 spiro atoms. The second kappa shape index (κ2) is 9.36. The zero-order valence-corrected chi connectivity index (χ0v) is 18.6. The van der Waals surface area contributed by atoms with Crippen LogP contribution in [0.1, 0.15) is 48.8 Å². The van der Waals surface area contributed by atoms with Crippen LogP contribution < -0.4 is 5.32 Å². The van der Waals surface area contributed by atoms with E-state index < -0.39 is 5.60 Å². The molecule has 0 saturated heterocycles. The molecule has 1 heterocycles. The summed E-state index contributed by atoms with van der Waals surface area (Å²) >= 11 is 5.62. The highest BCUT2D eigenvalue weighted by molar-refractivity contribution is 6.30. The van der Waals surface area contributed by atoms with E-state index in [0.717, 1.165) is 30.4 Å². The van der Waals surface area contributed by atoms with Crippen LogP contribution in [0.25, 0.3) is 0 Å². The molecule has 0 aliphatic heterocycles. The van der Waals surface area contributed by atoms with Gasteiger partial charge in [0.05, 0.1) is 0 Å². The number of aliphatic hydroxyl groups is 1. The molecule has 5 nitrogen and oxygen atoms in total. The number of hydrogen-bond donors (Lipinski definition) is 3. The number of fused-ring (bicyclic) bond motifs is 3. The number of aromatic nitrogens is 1. The summed E-state index contributed by atoms with van der Waals surface area (Å²) in [7, 11) is 0. The summed E-state index contributed by atoms with van der Waals surface area (Å²) in [6.07, 6.45) is 11.2. The lowest BCUT2D eigenvalue weighted by atomic mass is 9.53. The van der Waals surface area contributed by atoms with Crippen molar-refractivity contribution in [2.24, 2.45) is 5.92 Å². The van der Waals surface area contributed by atoms with E-state index in [1.54, 1.807) is 24.5 Å². The van der Waals surface area contributed by atoms with E-state index in [1.165, 1.54) is 5.56 Å². The third-order valence-corrected chi connectivity index (χ3v) is 7.08. The van der Waals surface area contributed by atoms with Crippen molar-refractivity contribution in [1.29, 1.82) is 0 Å². The fourth-order valence-electron chi connectivity index (χ4n) is 5.38. The van der Waals surface area contributed by atoms with Crippen LogP contribution >= 0.6 is 11.6 Å². The topological polar surface area (TPSA) is 82.5 Å². The Hall–Kier alpha value is -2.81. The number of halogens is 1. The van der Waals surface area contributed by atoms with Crippen molar-refractivity contribution in [2.45, 2.75) is 56.1 Å². The number of carbonyl (C=O) groups is 1. The van der Waals surface area contributed by atoms with Gasteiger partial charge < -0.3 is 15.5 Å². The number of benzene rings is 1. The number of pyridine rings is 1. The molecule has 0 radical (unpaired) electrons. The molecule has 32 heavy (non-hydrogen) atoms. The highest BCUT2D eigenvalue weighted by atomic mass is 35.5. The summed E-state index contributed by atoms with van der Waals surface area (Å²) in [5.74, 6) is 3.13. The van der Waals surface area contributed by atoms with Crippen molar-refractivity contribution in [2.75, 3.05) is 0 Å². The molecule has 1 amide bonds. The quantitative estimate of drug-likeness (QED) is 0.475. The first-order chi connectivity index (χ1) is 15.4. The summed E-state index contributed by atoms with van der Waals surface area (Å²) in [6, 6.07) is 9.32. The van der Waals surface area contributed by atoms with Crippen LogP contribution in [0.2, 0.25) is 0 Å². The molecule has 2 aliphatic rings. The van der Waals surface area contributed by atoms with Gasteiger partial charge in [-0.3, -0.25) is 9.78 Å². The summed E-state index contributed by atoms with van der Waals surface area (Å²) in [4.78, 5) is 16.4. The van der Waals surface area contributed by atoms with Crippen LogP contribution in [0.4, 0.5) is 0 Å². The average Bonchev–Trinajstić information content (AvgIpc) is 2.78. The maximum atomic E-state index is 12.4. The minimum atomic E-state index is -1.07. The van der Waals surface area contributed by atoms with Gasteiger partial charge >= 0.3 is 0 Å². The molecule has 0 unspecified atom stereocenters. The third-order valence-electron chi connectivity index (χ3n) is 6.98. The number of amides is 1. The molecule has 1 fully saturated rings. The number of nitrogens with one attached hydrogen (secondary N) is 1. The first kappa shape index (κ1) is 22.4. The molecule has 2 aliphatic carbocycles. The fraction of sp³-hybridized carbons (Fsp3) is 0.385. The number of aryl methyl sites for hydroxylation is 1. The minimum Gasteiger partial charge on any atom is -0.508 e. The third kappa shape index (κ3) is 4.67. The number of nitrogens with zero attached hydrogens (tertiary/aromatic N) is 1. The second-order valence-corrected chi connectivity index (χ2v) is 9.06. The number of hydrogen-bond acceptors (Lipinski definition) is 4. The van der Waals surface area contributed by atoms with Crippen molar-refractivity contribution in [3.63, 3.8) is 0 Å². The largest absolute Gasteiger partial charge is 0.508 e. The van der Waals surface area contributed by atoms with Gasteiger partial charge in [-0.1, -0.05) is 18.1 Å². The van der Waals surface area contributed by atoms with Gasteiger partial charge in [-0.25, -0.2) is 0 Å². The summed E-state index contributed by atoms with van der Waals surface area (Å²) < 4.78 is 0. The molecule has 1 aromatic heterocycles. The number of phenolic OH excluding ortho intramolecular Hbond substituents is 1. The Morgan fingerprint density at radius 2 is 2.09 bits per heavy atom. The smallest absolute Gasteiger partial charge is 0.243 e. The lowest BCUT2D eigenvalue weighted by Gasteiger charge is -2.52. The van der Waals surface area contributed by atoms with Crippen molar-refractivity contribution in [1.82, 2.24) is 10.3 Å². The fourth-order valence-corrected chi connectivity index (χ4v) is 5.56. The van der Waals surface area contributed by atoms with Crippen molar-refractivity contribution >= 4 is 17.5 Å². The van der Waals surface area contributed by atoms with Crippen molar-refractivity contribution in [3.05, 3.63) is 71.6 Å². The van der Waals surface area contributed by atoms with Crippen LogP contribution in [-0.2, 0) is 23.2 Å². The molecule has 0 bridgehead atoms. The summed E-state index contributed by atoms with van der Waals surface area (Å²) in [5, 5.41) is 26.2. The molecular formula is C26H27ClN2O3. The lowest BCUT2D eigenvalue weighted by Crippen LogP contribution is -2.49. The zero-order chi connectivity index (χ0) is 22.6. The molecule has 6 heteroatoms. The predicted octanol–water partition coefficient (Wildman–Crippen LogP) is 3.96. The second-order valence-electron chi connectivity index (χ2n) is 8.87. The number of rotatable bonds is 5. The van der Waals surface area contributed by atoms with Gasteiger partial charge in [-0.2, -0.15) is 0 Å². The molecule has 166 valence electrons. The molecule has 4 rings (SSSR count). The highest BCUT2D eigenvalue weighted by Gasteiger charge is 2.50. The van der Waals surface area contributed by atoms with E-state index in [9.17, 15) is 15.0 Å². The monoisotopic (exact) mass is 450 g/mol. The van der Waals surface area contributed by atoms with Gasteiger partial charge in [0, 0.05) is 29.7 Å². The SMILES string of the molecule is O=C(C=CC[C@]12CC[C@@](O)(C#CCl)C[C@@H]1CCc1cc(O)ccc12)NCc1ccncc1. The Balaban J connectivity index is 1.53. The number of carbonyl (C=O) groups excluding carboxylic acids is 1. The molecular weight excluding hydrogens is 424 g/mol. The minimum absolute atomic E-state index is 0.142. The maximum absolute atomic E-state index is 12.4. The van der Waals surface area contributed by atoms with Crippen LogP contribution in [0.3, 0.4) is 0 Å². The highest BCUT2D eigenvalue weighted by Crippen LogP contribution is 2.54. The van der Waals surface area contributed by atoms with Crippen LogP contribution in [0.15, 0.2) is 54.9 Å². The number of allylic oxidation sites excluding steroid dienone is 1. The van der Waals surface area contributed by atoms with Crippen molar-refractivity contribution in [3.8, 4) is 17.0 Å². The lowest BCUT2D eigenvalue weighted by molar-refractivity contribution is -0.116. The Kier molecular flexibility index (Phi) is 6.55. The normalized spacial score (nSPS) is 26.5. The summed E-state index contributed by atoms with van der Waals surface area (Å²) in [6.45, 7) is 0.450. The van der Waals surface area contributed by atoms with E-state index in [1.807, 2.05) is 30.3 Å². The molecule has 1 saturated carbocycles. The van der Waals surface area contributed by atoms with E-state index in [0.29, 0.717) is 25.8 Å². The average molecular weight is 451 g/mol. The van der Waals surface area contributed by atoms with Gasteiger partial charge in [0.15, 0.2) is 0 Å². The molecule has 3 atom stereocenters. The van der Waals surface area contributed by atoms with E-state index in [4.69, 9.17) is 11.6 Å². The van der Waals surface area contributed by atoms with Gasteiger partial charge in [0.2, 0.25) is 5.91 Å². The number of phenols is 1. The molecule has 3 N–H and O–H groups in total. The van der Waals surface area contributed by atoms with Crippen LogP contribution in [0, 0.1) is 17.2 Å². The van der Waals surface area contributed by atoms with Gasteiger partial charge in [-0.15, -0.1) is 0 Å². The van der Waals surface area contributed by atoms with E-state index >= 15 is 0 Å². The van der Waals surface area contributed by atoms with Gasteiger partial charge in [-0.05, 0) is 103 Å². The Morgan fingerprint density at radius 3 is 2.88 bits per heavy atom. The first-order valence-corrected chi connectivity index (χ1v) is 11.3. The molecule has 2 aromatic rings. The Bertz CT molecular complexity index is 1080. The maximum Gasteiger partial charge on any atom is 0.243 e. The predicted molar refractivity (Wildman–Crippen MR) is 124 cm³/mol. The molecule has 1 aromatic carbocycles. The Labute approximate surface area is 193 Å². The van der Waals surface area contributed by atoms with Crippen LogP contribution in [-0.4, -0.2) is 26.7 Å². The van der Waals surface area contributed by atoms with Gasteiger partial charge in [0.25, 0.3) is 0 Å². The van der Waals surface area contributed by atoms with E-state index in [-0.39, 0.29) is 23.0 Å². The zero-order valence-electron chi connectivity index (χ0n) is 17.9. The van der Waals surface area contributed by atoms with E-state index in [2.05, 4.69) is 21.6 Å². The van der Waals surface area contributed by atoms with Crippen LogP contribution in [0.5, 0.6) is 5.75 Å². The van der Waals surface area contributed by atoms with Gasteiger partial charge in [0.1, 0.15) is 11.4 Å².